The summed E-state index contributed by atoms with van der Waals surface area (Å²) in [5.41, 5.74) is 2.65. The Bertz CT molecular complexity index is 1270. The number of fused-ring (bicyclic) bond motifs is 1. The van der Waals surface area contributed by atoms with E-state index in [0.717, 1.165) is 55.0 Å². The second-order valence-corrected chi connectivity index (χ2v) is 10.1. The molecule has 3 aromatic rings. The molecule has 1 saturated carbocycles. The molecule has 36 heavy (non-hydrogen) atoms. The molecule has 1 aliphatic heterocycles. The molecule has 3 atom stereocenters. The zero-order valence-corrected chi connectivity index (χ0v) is 20.9. The first kappa shape index (κ1) is 24.3. The molecule has 0 spiro atoms. The zero-order valence-electron chi connectivity index (χ0n) is 20.2. The number of nitrogens with one attached hydrogen (secondary N) is 3. The first-order valence-electron chi connectivity index (χ1n) is 12.6. The number of anilines is 1. The molecule has 2 aliphatic rings. The third-order valence-corrected chi connectivity index (χ3v) is 7.50. The van der Waals surface area contributed by atoms with Crippen LogP contribution in [0.15, 0.2) is 49.3 Å². The van der Waals surface area contributed by atoms with E-state index in [9.17, 15) is 9.59 Å². The van der Waals surface area contributed by atoms with E-state index in [0.29, 0.717) is 29.8 Å². The molecule has 2 aromatic heterocycles. The van der Waals surface area contributed by atoms with Gasteiger partial charge in [0.1, 0.15) is 0 Å². The van der Waals surface area contributed by atoms with Crippen molar-refractivity contribution < 1.29 is 9.59 Å². The molecule has 0 bridgehead atoms. The van der Waals surface area contributed by atoms with Crippen LogP contribution in [0.25, 0.3) is 22.2 Å². The van der Waals surface area contributed by atoms with Crippen molar-refractivity contribution in [2.75, 3.05) is 18.4 Å². The number of halogens is 1. The van der Waals surface area contributed by atoms with Gasteiger partial charge >= 0.3 is 0 Å². The molecule has 9 heteroatoms. The summed E-state index contributed by atoms with van der Waals surface area (Å²) >= 11 is 6.48. The molecule has 2 amide bonds. The number of nitrogens with zero attached hydrogens (tertiary/aromatic N) is 3. The van der Waals surface area contributed by atoms with Gasteiger partial charge in [0, 0.05) is 47.8 Å². The van der Waals surface area contributed by atoms with Crippen molar-refractivity contribution in [3.05, 3.63) is 54.3 Å². The first-order valence-corrected chi connectivity index (χ1v) is 13.0. The normalized spacial score (nSPS) is 22.2. The van der Waals surface area contributed by atoms with Crippen molar-refractivity contribution in [1.82, 2.24) is 25.2 Å². The van der Waals surface area contributed by atoms with Gasteiger partial charge in [-0.15, -0.1) is 0 Å². The summed E-state index contributed by atoms with van der Waals surface area (Å²) in [4.78, 5) is 39.1. The largest absolute Gasteiger partial charge is 0.360 e. The third kappa shape index (κ3) is 5.23. The number of benzene rings is 1. The Balaban J connectivity index is 1.23. The van der Waals surface area contributed by atoms with Gasteiger partial charge in [-0.25, -0.2) is 9.97 Å². The van der Waals surface area contributed by atoms with Crippen LogP contribution < -0.4 is 10.6 Å². The SMILES string of the molecule is C=CC(=O)N1CCC[C@@H](C(=O)N[C@H]2CCC[C@@H](Nc3ncc(Cl)c(-c4c[nH]c5ccccc45)n3)C2)C1. The molecule has 5 rings (SSSR count). The Kier molecular flexibility index (Phi) is 7.23. The quantitative estimate of drug-likeness (QED) is 0.426. The summed E-state index contributed by atoms with van der Waals surface area (Å²) in [6, 6.07) is 8.26. The Morgan fingerprint density at radius 2 is 2.00 bits per heavy atom. The van der Waals surface area contributed by atoms with Crippen LogP contribution >= 0.6 is 11.6 Å². The van der Waals surface area contributed by atoms with Gasteiger partial charge in [-0.3, -0.25) is 9.59 Å². The predicted octanol–water partition coefficient (Wildman–Crippen LogP) is 4.54. The molecule has 2 fully saturated rings. The standard InChI is InChI=1S/C27H31ClN6O2/c1-2-24(35)34-12-6-7-17(16-34)26(36)31-18-8-5-9-19(13-18)32-27-30-15-22(28)25(33-27)21-14-29-23-11-4-3-10-20(21)23/h2-4,10-11,14-15,17-19,29H,1,5-9,12-13,16H2,(H,31,36)(H,30,32,33)/t17-,18+,19-/m1/s1. The number of hydrogen-bond donors (Lipinski definition) is 3. The molecule has 1 saturated heterocycles. The van der Waals surface area contributed by atoms with Crippen LogP contribution in [0.4, 0.5) is 5.95 Å². The van der Waals surface area contributed by atoms with E-state index in [-0.39, 0.29) is 29.8 Å². The van der Waals surface area contributed by atoms with Gasteiger partial charge < -0.3 is 20.5 Å². The highest BCUT2D eigenvalue weighted by molar-refractivity contribution is 6.33. The van der Waals surface area contributed by atoms with Crippen molar-refractivity contribution in [1.29, 1.82) is 0 Å². The first-order chi connectivity index (χ1) is 17.5. The van der Waals surface area contributed by atoms with Gasteiger partial charge in [-0.1, -0.05) is 36.4 Å². The Morgan fingerprint density at radius 1 is 1.17 bits per heavy atom. The number of aromatic amines is 1. The number of piperidine rings is 1. The van der Waals surface area contributed by atoms with Crippen LogP contribution in [0.5, 0.6) is 0 Å². The molecular weight excluding hydrogens is 476 g/mol. The van der Waals surface area contributed by atoms with E-state index in [1.165, 1.54) is 6.08 Å². The predicted molar refractivity (Wildman–Crippen MR) is 142 cm³/mol. The van der Waals surface area contributed by atoms with Crippen LogP contribution in [-0.4, -0.2) is 56.8 Å². The van der Waals surface area contributed by atoms with Crippen molar-refractivity contribution in [3.63, 3.8) is 0 Å². The summed E-state index contributed by atoms with van der Waals surface area (Å²) in [5, 5.41) is 8.25. The smallest absolute Gasteiger partial charge is 0.245 e. The van der Waals surface area contributed by atoms with Gasteiger partial charge in [0.25, 0.3) is 0 Å². The summed E-state index contributed by atoms with van der Waals surface area (Å²) < 4.78 is 0. The fourth-order valence-electron chi connectivity index (χ4n) is 5.37. The Labute approximate surface area is 215 Å². The number of carbonyl (C=O) groups is 2. The van der Waals surface area contributed by atoms with Crippen molar-refractivity contribution in [3.8, 4) is 11.3 Å². The number of aromatic nitrogens is 3. The lowest BCUT2D eigenvalue weighted by Gasteiger charge is -2.34. The van der Waals surface area contributed by atoms with E-state index in [1.807, 2.05) is 30.5 Å². The average molecular weight is 507 g/mol. The highest BCUT2D eigenvalue weighted by Crippen LogP contribution is 2.33. The van der Waals surface area contributed by atoms with E-state index in [4.69, 9.17) is 16.6 Å². The van der Waals surface area contributed by atoms with E-state index in [2.05, 4.69) is 27.2 Å². The Morgan fingerprint density at radius 3 is 2.86 bits per heavy atom. The fraction of sp³-hybridized carbons (Fsp3) is 0.407. The number of para-hydroxylation sites is 1. The highest BCUT2D eigenvalue weighted by atomic mass is 35.5. The molecule has 0 unspecified atom stereocenters. The number of hydrogen-bond acceptors (Lipinski definition) is 5. The van der Waals surface area contributed by atoms with Crippen molar-refractivity contribution in [2.45, 2.75) is 50.6 Å². The van der Waals surface area contributed by atoms with Gasteiger partial charge in [0.2, 0.25) is 17.8 Å². The summed E-state index contributed by atoms with van der Waals surface area (Å²) in [5.74, 6) is 0.285. The molecule has 1 aliphatic carbocycles. The maximum atomic E-state index is 13.0. The number of rotatable bonds is 6. The number of carbonyl (C=O) groups excluding carboxylic acids is 2. The molecule has 3 heterocycles. The molecule has 8 nitrogen and oxygen atoms in total. The van der Waals surface area contributed by atoms with Gasteiger partial charge in [-0.2, -0.15) is 0 Å². The molecule has 188 valence electrons. The second-order valence-electron chi connectivity index (χ2n) is 9.68. The monoisotopic (exact) mass is 506 g/mol. The van der Waals surface area contributed by atoms with Crippen LogP contribution in [0.2, 0.25) is 5.02 Å². The van der Waals surface area contributed by atoms with E-state index >= 15 is 0 Å². The lowest BCUT2D eigenvalue weighted by Crippen LogP contribution is -2.49. The van der Waals surface area contributed by atoms with Gasteiger partial charge in [0.15, 0.2) is 0 Å². The summed E-state index contributed by atoms with van der Waals surface area (Å²) in [6.45, 7) is 4.71. The molecule has 3 N–H and O–H groups in total. The van der Waals surface area contributed by atoms with Gasteiger partial charge in [-0.05, 0) is 50.7 Å². The van der Waals surface area contributed by atoms with Crippen molar-refractivity contribution in [2.24, 2.45) is 5.92 Å². The highest BCUT2D eigenvalue weighted by Gasteiger charge is 2.30. The fourth-order valence-corrected chi connectivity index (χ4v) is 5.56. The van der Waals surface area contributed by atoms with Crippen LogP contribution in [0.3, 0.4) is 0 Å². The maximum absolute atomic E-state index is 13.0. The van der Waals surface area contributed by atoms with Crippen molar-refractivity contribution >= 4 is 40.3 Å². The third-order valence-electron chi connectivity index (χ3n) is 7.22. The lowest BCUT2D eigenvalue weighted by atomic mass is 9.90. The van der Waals surface area contributed by atoms with Crippen LogP contribution in [0, 0.1) is 5.92 Å². The average Bonchev–Trinajstić information content (AvgIpc) is 3.33. The van der Waals surface area contributed by atoms with Gasteiger partial charge in [0.05, 0.1) is 22.8 Å². The molecular formula is C27H31ClN6O2. The van der Waals surface area contributed by atoms with E-state index in [1.54, 1.807) is 11.1 Å². The number of likely N-dealkylation sites (tertiary alicyclic amines) is 1. The minimum atomic E-state index is -0.172. The molecule has 1 aromatic carbocycles. The summed E-state index contributed by atoms with van der Waals surface area (Å²) in [7, 11) is 0. The minimum absolute atomic E-state index is 0.0339. The van der Waals surface area contributed by atoms with E-state index < -0.39 is 0 Å². The van der Waals surface area contributed by atoms with Crippen LogP contribution in [0.1, 0.15) is 38.5 Å². The second kappa shape index (κ2) is 10.7. The Hall–Kier alpha value is -3.39. The maximum Gasteiger partial charge on any atom is 0.245 e. The minimum Gasteiger partial charge on any atom is -0.360 e. The lowest BCUT2D eigenvalue weighted by molar-refractivity contribution is -0.132. The molecule has 0 radical (unpaired) electrons. The zero-order chi connectivity index (χ0) is 25.1. The summed E-state index contributed by atoms with van der Waals surface area (Å²) in [6.07, 6.45) is 10.2. The number of H-pyrrole nitrogens is 1. The van der Waals surface area contributed by atoms with Crippen LogP contribution in [-0.2, 0) is 9.59 Å². The number of amides is 2. The topological polar surface area (TPSA) is 103 Å².